The zero-order valence-electron chi connectivity index (χ0n) is 5.63. The highest BCUT2D eigenvalue weighted by Gasteiger charge is 2.41. The Labute approximate surface area is 54.2 Å². The smallest absolute Gasteiger partial charge is 0.180 e. The van der Waals surface area contributed by atoms with Gasteiger partial charge in [-0.3, -0.25) is 4.79 Å². The monoisotopic (exact) mass is 129 g/mol. The fraction of sp³-hybridized carbons (Fsp3) is 0.833. The van der Waals surface area contributed by atoms with Crippen molar-refractivity contribution in [2.24, 2.45) is 5.73 Å². The summed E-state index contributed by atoms with van der Waals surface area (Å²) in [5, 5.41) is 0. The third-order valence-electron chi connectivity index (χ3n) is 1.44. The van der Waals surface area contributed by atoms with E-state index in [1.165, 1.54) is 0 Å². The quantitative estimate of drug-likeness (QED) is 0.520. The van der Waals surface area contributed by atoms with E-state index < -0.39 is 0 Å². The summed E-state index contributed by atoms with van der Waals surface area (Å²) in [4.78, 5) is 10.9. The predicted molar refractivity (Wildman–Crippen MR) is 33.0 cm³/mol. The highest BCUT2D eigenvalue weighted by Crippen LogP contribution is 2.22. The first-order chi connectivity index (χ1) is 4.13. The van der Waals surface area contributed by atoms with Crippen molar-refractivity contribution in [1.29, 1.82) is 0 Å². The van der Waals surface area contributed by atoms with Crippen molar-refractivity contribution in [3.8, 4) is 0 Å². The average molecular weight is 129 g/mol. The molecule has 3 heteroatoms. The second kappa shape index (κ2) is 2.08. The van der Waals surface area contributed by atoms with Crippen LogP contribution >= 0.6 is 0 Å². The predicted octanol–water partition coefficient (Wildman–Crippen LogP) is -0.310. The molecule has 2 N–H and O–H groups in total. The molecule has 1 rings (SSSR count). The Morgan fingerprint density at radius 1 is 1.78 bits per heavy atom. The van der Waals surface area contributed by atoms with Gasteiger partial charge in [-0.25, -0.2) is 0 Å². The van der Waals surface area contributed by atoms with Gasteiger partial charge in [0, 0.05) is 0 Å². The Morgan fingerprint density at radius 3 is 2.33 bits per heavy atom. The first-order valence-electron chi connectivity index (χ1n) is 3.07. The first-order valence-corrected chi connectivity index (χ1v) is 3.07. The molecule has 0 aromatic rings. The first kappa shape index (κ1) is 6.71. The molecule has 0 bridgehead atoms. The van der Waals surface area contributed by atoms with Gasteiger partial charge < -0.3 is 10.5 Å². The lowest BCUT2D eigenvalue weighted by Crippen LogP contribution is -2.31. The van der Waals surface area contributed by atoms with Crippen LogP contribution in [0.2, 0.25) is 0 Å². The van der Waals surface area contributed by atoms with Crippen LogP contribution in [0, 0.1) is 0 Å². The Kier molecular flexibility index (Phi) is 1.55. The molecule has 9 heavy (non-hydrogen) atoms. The topological polar surface area (TPSA) is 55.6 Å². The second-order valence-electron chi connectivity index (χ2n) is 2.45. The van der Waals surface area contributed by atoms with Crippen molar-refractivity contribution in [1.82, 2.24) is 0 Å². The van der Waals surface area contributed by atoms with E-state index in [0.29, 0.717) is 0 Å². The van der Waals surface area contributed by atoms with E-state index in [9.17, 15) is 4.79 Å². The minimum Gasteiger partial charge on any atom is -0.362 e. The van der Waals surface area contributed by atoms with Gasteiger partial charge in [-0.15, -0.1) is 0 Å². The third-order valence-corrected chi connectivity index (χ3v) is 1.44. The van der Waals surface area contributed by atoms with Gasteiger partial charge >= 0.3 is 0 Å². The Hall–Kier alpha value is -0.410. The van der Waals surface area contributed by atoms with Gasteiger partial charge in [0.25, 0.3) is 0 Å². The van der Waals surface area contributed by atoms with Gasteiger partial charge in [0.15, 0.2) is 5.78 Å². The van der Waals surface area contributed by atoms with Crippen molar-refractivity contribution >= 4 is 5.78 Å². The molecule has 52 valence electrons. The second-order valence-corrected chi connectivity index (χ2v) is 2.45. The van der Waals surface area contributed by atoms with E-state index in [0.717, 1.165) is 0 Å². The zero-order chi connectivity index (χ0) is 7.02. The molecule has 1 fully saturated rings. The van der Waals surface area contributed by atoms with Gasteiger partial charge in [-0.2, -0.15) is 0 Å². The number of nitrogens with two attached hydrogens (primary N) is 1. The standard InChI is InChI=1S/C6H11NO2/c1-3(7)5(8)6-4(2)9-6/h3-4,6H,7H2,1-2H3/t3-,4?,6?/m0/s1. The van der Waals surface area contributed by atoms with E-state index in [2.05, 4.69) is 0 Å². The largest absolute Gasteiger partial charge is 0.362 e. The highest BCUT2D eigenvalue weighted by molar-refractivity contribution is 5.90. The van der Waals surface area contributed by atoms with Crippen molar-refractivity contribution in [2.45, 2.75) is 32.1 Å². The summed E-state index contributed by atoms with van der Waals surface area (Å²) in [6.45, 7) is 3.54. The summed E-state index contributed by atoms with van der Waals surface area (Å²) in [6.07, 6.45) is -0.103. The molecular weight excluding hydrogens is 118 g/mol. The number of Topliss-reactive ketones (excluding diaryl/α,β-unsaturated/α-hetero) is 1. The number of rotatable bonds is 2. The average Bonchev–Trinajstić information content (AvgIpc) is 2.44. The summed E-state index contributed by atoms with van der Waals surface area (Å²) in [7, 11) is 0. The van der Waals surface area contributed by atoms with Crippen LogP contribution in [0.15, 0.2) is 0 Å². The molecule has 0 radical (unpaired) electrons. The van der Waals surface area contributed by atoms with Gasteiger partial charge in [-0.05, 0) is 13.8 Å². The van der Waals surface area contributed by atoms with Crippen LogP contribution in [0.1, 0.15) is 13.8 Å². The normalized spacial score (nSPS) is 35.9. The lowest BCUT2D eigenvalue weighted by atomic mass is 10.1. The molecule has 1 aliphatic heterocycles. The van der Waals surface area contributed by atoms with Crippen LogP contribution < -0.4 is 5.73 Å². The molecule has 0 spiro atoms. The van der Waals surface area contributed by atoms with E-state index in [-0.39, 0.29) is 24.0 Å². The van der Waals surface area contributed by atoms with Crippen molar-refractivity contribution in [3.63, 3.8) is 0 Å². The number of carbonyl (C=O) groups is 1. The van der Waals surface area contributed by atoms with Gasteiger partial charge in [-0.1, -0.05) is 0 Å². The zero-order valence-corrected chi connectivity index (χ0v) is 5.63. The summed E-state index contributed by atoms with van der Waals surface area (Å²) in [6, 6.07) is -0.375. The third kappa shape index (κ3) is 1.28. The minimum absolute atomic E-state index is 0.0162. The van der Waals surface area contributed by atoms with Gasteiger partial charge in [0.2, 0.25) is 0 Å². The fourth-order valence-corrected chi connectivity index (χ4v) is 0.743. The summed E-state index contributed by atoms with van der Waals surface area (Å²) in [5.41, 5.74) is 5.31. The van der Waals surface area contributed by atoms with Gasteiger partial charge in [0.05, 0.1) is 12.1 Å². The highest BCUT2D eigenvalue weighted by atomic mass is 16.6. The summed E-state index contributed by atoms with van der Waals surface area (Å²) < 4.78 is 4.91. The van der Waals surface area contributed by atoms with Crippen LogP contribution in [-0.4, -0.2) is 24.0 Å². The van der Waals surface area contributed by atoms with E-state index in [1.807, 2.05) is 6.92 Å². The molecule has 0 saturated carbocycles. The van der Waals surface area contributed by atoms with Crippen LogP contribution in [0.25, 0.3) is 0 Å². The maximum Gasteiger partial charge on any atom is 0.180 e. The molecule has 1 saturated heterocycles. The van der Waals surface area contributed by atoms with E-state index in [1.54, 1.807) is 6.92 Å². The number of ether oxygens (including phenoxy) is 1. The van der Waals surface area contributed by atoms with Crippen molar-refractivity contribution in [3.05, 3.63) is 0 Å². The van der Waals surface area contributed by atoms with Crippen molar-refractivity contribution < 1.29 is 9.53 Å². The van der Waals surface area contributed by atoms with Crippen LogP contribution in [-0.2, 0) is 9.53 Å². The van der Waals surface area contributed by atoms with Crippen LogP contribution in [0.4, 0.5) is 0 Å². The Morgan fingerprint density at radius 2 is 2.22 bits per heavy atom. The molecular formula is C6H11NO2. The number of carbonyl (C=O) groups excluding carboxylic acids is 1. The molecule has 1 aliphatic rings. The molecule has 3 nitrogen and oxygen atoms in total. The molecule has 1 heterocycles. The number of hydrogen-bond acceptors (Lipinski definition) is 3. The number of ketones is 1. The van der Waals surface area contributed by atoms with Crippen LogP contribution in [0.5, 0.6) is 0 Å². The SMILES string of the molecule is CC1OC1C(=O)[C@H](C)N. The lowest BCUT2D eigenvalue weighted by molar-refractivity contribution is -0.121. The van der Waals surface area contributed by atoms with Crippen LogP contribution in [0.3, 0.4) is 0 Å². The Balaban J connectivity index is 2.36. The molecule has 0 aromatic carbocycles. The minimum atomic E-state index is -0.375. The molecule has 0 aliphatic carbocycles. The van der Waals surface area contributed by atoms with Gasteiger partial charge in [0.1, 0.15) is 6.10 Å². The number of epoxide rings is 1. The fourth-order valence-electron chi connectivity index (χ4n) is 0.743. The Bertz CT molecular complexity index is 133. The summed E-state index contributed by atoms with van der Waals surface area (Å²) in [5.74, 6) is 0.0162. The van der Waals surface area contributed by atoms with E-state index >= 15 is 0 Å². The molecule has 0 amide bonds. The lowest BCUT2D eigenvalue weighted by Gasteiger charge is -1.97. The summed E-state index contributed by atoms with van der Waals surface area (Å²) >= 11 is 0. The number of hydrogen-bond donors (Lipinski definition) is 1. The maximum atomic E-state index is 10.9. The molecule has 3 atom stereocenters. The molecule has 0 aromatic heterocycles. The van der Waals surface area contributed by atoms with E-state index in [4.69, 9.17) is 10.5 Å². The maximum absolute atomic E-state index is 10.9. The van der Waals surface area contributed by atoms with Crippen molar-refractivity contribution in [2.75, 3.05) is 0 Å². The molecule has 2 unspecified atom stereocenters.